The number of ether oxygens (including phenoxy) is 1. The van der Waals surface area contributed by atoms with Crippen molar-refractivity contribution in [3.8, 4) is 56.3 Å². The summed E-state index contributed by atoms with van der Waals surface area (Å²) in [5.74, 6) is -1.27. The van der Waals surface area contributed by atoms with Crippen molar-refractivity contribution < 1.29 is 22.3 Å². The molecule has 3 nitrogen and oxygen atoms in total. The first kappa shape index (κ1) is 35.1. The third-order valence-electron chi connectivity index (χ3n) is 10.0. The average Bonchev–Trinajstić information content (AvgIpc) is 3.07. The molecule has 7 rings (SSSR count). The predicted molar refractivity (Wildman–Crippen MR) is 200 cm³/mol. The first-order valence-electron chi connectivity index (χ1n) is 17.3. The zero-order valence-corrected chi connectivity index (χ0v) is 30.6. The van der Waals surface area contributed by atoms with Crippen LogP contribution in [0.5, 0.6) is 11.5 Å². The van der Waals surface area contributed by atoms with Crippen molar-refractivity contribution >= 4 is 0 Å². The Balaban J connectivity index is 1.41. The summed E-state index contributed by atoms with van der Waals surface area (Å²) in [6, 6.07) is 22.9. The molecule has 4 aromatic carbocycles. The Hall–Kier alpha value is -5.30. The number of hydrogen-bond acceptors (Lipinski definition) is 3. The minimum Gasteiger partial charge on any atom is -0.455 e. The molecule has 1 aliphatic heterocycles. The molecule has 6 aromatic rings. The highest BCUT2D eigenvalue weighted by Gasteiger charge is 2.39. The molecule has 0 saturated heterocycles. The molecule has 1 aliphatic rings. The molecule has 0 radical (unpaired) electrons. The van der Waals surface area contributed by atoms with Crippen molar-refractivity contribution in [1.82, 2.24) is 9.97 Å². The van der Waals surface area contributed by atoms with Crippen molar-refractivity contribution in [3.63, 3.8) is 0 Å². The van der Waals surface area contributed by atoms with Crippen LogP contribution in [0.1, 0.15) is 77.6 Å². The molecule has 0 atom stereocenters. The lowest BCUT2D eigenvalue weighted by Gasteiger charge is -2.39. The van der Waals surface area contributed by atoms with Crippen molar-refractivity contribution in [2.75, 3.05) is 0 Å². The molecule has 3 heterocycles. The molecule has 0 bridgehead atoms. The van der Waals surface area contributed by atoms with Gasteiger partial charge < -0.3 is 4.74 Å². The van der Waals surface area contributed by atoms with E-state index in [0.717, 1.165) is 56.6 Å². The molecule has 0 aliphatic carbocycles. The van der Waals surface area contributed by atoms with E-state index in [-0.39, 0.29) is 22.0 Å². The largest absolute Gasteiger partial charge is 0.455 e. The van der Waals surface area contributed by atoms with E-state index in [0.29, 0.717) is 22.9 Å². The van der Waals surface area contributed by atoms with Crippen LogP contribution in [0.3, 0.4) is 0 Å². The number of pyridine rings is 2. The fraction of sp³-hybridized carbons (Fsp3) is 0.244. The zero-order chi connectivity index (χ0) is 37.3. The van der Waals surface area contributed by atoms with E-state index in [4.69, 9.17) is 4.74 Å². The van der Waals surface area contributed by atoms with Crippen LogP contribution in [0, 0.1) is 23.3 Å². The van der Waals surface area contributed by atoms with Gasteiger partial charge in [0.15, 0.2) is 0 Å². The topological polar surface area (TPSA) is 35.0 Å². The minimum atomic E-state index is -0.679. The Bertz CT molecular complexity index is 2190. The molecule has 264 valence electrons. The number of benzene rings is 4. The number of halogens is 4. The smallest absolute Gasteiger partial charge is 0.139 e. The Morgan fingerprint density at radius 2 is 0.904 bits per heavy atom. The number of hydrogen-bond donors (Lipinski definition) is 0. The van der Waals surface area contributed by atoms with Crippen LogP contribution >= 0.6 is 0 Å². The van der Waals surface area contributed by atoms with Crippen molar-refractivity contribution in [2.24, 2.45) is 0 Å². The van der Waals surface area contributed by atoms with Crippen LogP contribution in [0.4, 0.5) is 17.6 Å². The Labute approximate surface area is 302 Å². The second-order valence-corrected chi connectivity index (χ2v) is 16.1. The van der Waals surface area contributed by atoms with E-state index < -0.39 is 28.7 Å². The summed E-state index contributed by atoms with van der Waals surface area (Å²) in [4.78, 5) is 9.22. The SMILES string of the molecule is CC(C)(C)c1cc(-c2ccc(-c3ccc(F)cc3F)nc2)c2c(c1)C(C)(C)c1cc(C(C)(C)C)cc(-c3ccc(-c4ccc(F)cc4F)nc3)c1O2. The summed E-state index contributed by atoms with van der Waals surface area (Å²) in [5.41, 5.74) is 7.84. The van der Waals surface area contributed by atoms with E-state index in [9.17, 15) is 17.6 Å². The predicted octanol–water partition coefficient (Wildman–Crippen LogP) is 12.7. The van der Waals surface area contributed by atoms with E-state index >= 15 is 0 Å². The second-order valence-electron chi connectivity index (χ2n) is 16.1. The van der Waals surface area contributed by atoms with E-state index in [2.05, 4.69) is 89.6 Å². The summed E-state index contributed by atoms with van der Waals surface area (Å²) in [6.45, 7) is 17.4. The van der Waals surface area contributed by atoms with Crippen LogP contribution in [-0.4, -0.2) is 9.97 Å². The quantitative estimate of drug-likeness (QED) is 0.172. The Morgan fingerprint density at radius 3 is 1.23 bits per heavy atom. The molecular weight excluding hydrogens is 661 g/mol. The maximum absolute atomic E-state index is 14.7. The third-order valence-corrected chi connectivity index (χ3v) is 10.0. The summed E-state index contributed by atoms with van der Waals surface area (Å²) in [6.07, 6.45) is 3.40. The van der Waals surface area contributed by atoms with E-state index in [1.807, 2.05) is 12.1 Å². The Kier molecular flexibility index (Phi) is 8.40. The molecule has 0 amide bonds. The number of rotatable bonds is 4. The van der Waals surface area contributed by atoms with Gasteiger partial charge in [0.2, 0.25) is 0 Å². The van der Waals surface area contributed by atoms with Gasteiger partial charge >= 0.3 is 0 Å². The molecule has 0 fully saturated rings. The van der Waals surface area contributed by atoms with Gasteiger partial charge in [0, 0.05) is 74.4 Å². The Morgan fingerprint density at radius 1 is 0.500 bits per heavy atom. The van der Waals surface area contributed by atoms with Crippen LogP contribution in [0.25, 0.3) is 44.8 Å². The number of aromatic nitrogens is 2. The van der Waals surface area contributed by atoms with Crippen LogP contribution in [0.15, 0.2) is 97.3 Å². The second kappa shape index (κ2) is 12.4. The lowest BCUT2D eigenvalue weighted by atomic mass is 9.70. The summed E-state index contributed by atoms with van der Waals surface area (Å²) in [7, 11) is 0. The first-order chi connectivity index (χ1) is 24.4. The van der Waals surface area contributed by atoms with Gasteiger partial charge in [-0.3, -0.25) is 9.97 Å². The first-order valence-corrected chi connectivity index (χ1v) is 17.3. The monoisotopic (exact) mass is 700 g/mol. The molecule has 0 N–H and O–H groups in total. The van der Waals surface area contributed by atoms with Crippen molar-refractivity contribution in [3.05, 3.63) is 143 Å². The van der Waals surface area contributed by atoms with Crippen LogP contribution in [0.2, 0.25) is 0 Å². The van der Waals surface area contributed by atoms with Gasteiger partial charge in [-0.25, -0.2) is 17.6 Å². The standard InChI is InChI=1S/C45H40F4N2O/c1-43(2,3)27-17-33(25-9-15-39(50-23-25)31-13-11-29(46)21-37(31)48)41-35(19-27)45(7,8)36-20-28(44(4,5)6)18-34(42(36)52-41)26-10-16-40(51-24-26)32-14-12-30(47)22-38(32)49/h9-24H,1-8H3. The fourth-order valence-corrected chi connectivity index (χ4v) is 6.77. The maximum Gasteiger partial charge on any atom is 0.139 e. The average molecular weight is 701 g/mol. The highest BCUT2D eigenvalue weighted by atomic mass is 19.1. The fourth-order valence-electron chi connectivity index (χ4n) is 6.77. The van der Waals surface area contributed by atoms with Gasteiger partial charge in [0.25, 0.3) is 0 Å². The zero-order valence-electron chi connectivity index (χ0n) is 30.6. The highest BCUT2D eigenvalue weighted by Crippen LogP contribution is 2.56. The van der Waals surface area contributed by atoms with Gasteiger partial charge in [0.1, 0.15) is 34.8 Å². The van der Waals surface area contributed by atoms with Gasteiger partial charge in [-0.2, -0.15) is 0 Å². The molecule has 0 saturated carbocycles. The van der Waals surface area contributed by atoms with Gasteiger partial charge in [-0.05, 0) is 70.5 Å². The number of nitrogens with zero attached hydrogens (tertiary/aromatic N) is 2. The van der Waals surface area contributed by atoms with Gasteiger partial charge in [-0.15, -0.1) is 0 Å². The number of fused-ring (bicyclic) bond motifs is 2. The summed E-state index contributed by atoms with van der Waals surface area (Å²) < 4.78 is 63.7. The van der Waals surface area contributed by atoms with Crippen molar-refractivity contribution in [1.29, 1.82) is 0 Å². The summed E-state index contributed by atoms with van der Waals surface area (Å²) in [5, 5.41) is 0. The maximum atomic E-state index is 14.7. The molecule has 2 aromatic heterocycles. The normalized spacial score (nSPS) is 13.7. The highest BCUT2D eigenvalue weighted by molar-refractivity contribution is 5.82. The van der Waals surface area contributed by atoms with Crippen LogP contribution < -0.4 is 4.74 Å². The third kappa shape index (κ3) is 6.27. The molecular formula is C45H40F4N2O. The lowest BCUT2D eigenvalue weighted by Crippen LogP contribution is -2.27. The molecule has 52 heavy (non-hydrogen) atoms. The molecule has 0 unspecified atom stereocenters. The van der Waals surface area contributed by atoms with Gasteiger partial charge in [-0.1, -0.05) is 79.7 Å². The van der Waals surface area contributed by atoms with E-state index in [1.54, 1.807) is 24.5 Å². The van der Waals surface area contributed by atoms with E-state index in [1.165, 1.54) is 24.3 Å². The van der Waals surface area contributed by atoms with Crippen LogP contribution in [-0.2, 0) is 16.2 Å². The molecule has 0 spiro atoms. The molecule has 7 heteroatoms. The summed E-state index contributed by atoms with van der Waals surface area (Å²) >= 11 is 0. The lowest BCUT2D eigenvalue weighted by molar-refractivity contribution is 0.418. The van der Waals surface area contributed by atoms with Crippen molar-refractivity contribution in [2.45, 2.75) is 71.6 Å². The minimum absolute atomic E-state index is 0.194. The van der Waals surface area contributed by atoms with Gasteiger partial charge in [0.05, 0.1) is 11.4 Å².